The van der Waals surface area contributed by atoms with E-state index in [1.54, 1.807) is 0 Å². The Kier molecular flexibility index (Phi) is 4.32. The average Bonchev–Trinajstić information content (AvgIpc) is 2.31. The van der Waals surface area contributed by atoms with Gasteiger partial charge in [-0.2, -0.15) is 11.8 Å². The SMILES string of the molecule is O=C(NC1CCCNC1)C1CCSCC1. The van der Waals surface area contributed by atoms with E-state index in [0.717, 1.165) is 43.9 Å². The van der Waals surface area contributed by atoms with Crippen molar-refractivity contribution in [2.45, 2.75) is 31.7 Å². The molecule has 1 amide bonds. The molecular weight excluding hydrogens is 208 g/mol. The maximum atomic E-state index is 11.9. The predicted octanol–water partition coefficient (Wildman–Crippen LogP) is 0.998. The Balaban J connectivity index is 1.74. The van der Waals surface area contributed by atoms with E-state index >= 15 is 0 Å². The molecule has 1 atom stereocenters. The quantitative estimate of drug-likeness (QED) is 0.741. The van der Waals surface area contributed by atoms with Crippen molar-refractivity contribution in [3.63, 3.8) is 0 Å². The van der Waals surface area contributed by atoms with Crippen LogP contribution in [0.3, 0.4) is 0 Å². The summed E-state index contributed by atoms with van der Waals surface area (Å²) >= 11 is 1.97. The van der Waals surface area contributed by atoms with Crippen LogP contribution in [0.4, 0.5) is 0 Å². The van der Waals surface area contributed by atoms with Gasteiger partial charge in [-0.15, -0.1) is 0 Å². The summed E-state index contributed by atoms with van der Waals surface area (Å²) in [5.74, 6) is 2.89. The van der Waals surface area contributed by atoms with Crippen molar-refractivity contribution < 1.29 is 4.79 Å². The second-order valence-electron chi connectivity index (χ2n) is 4.44. The minimum absolute atomic E-state index is 0.285. The van der Waals surface area contributed by atoms with Crippen LogP contribution in [0.5, 0.6) is 0 Å². The number of carbonyl (C=O) groups excluding carboxylic acids is 1. The third kappa shape index (κ3) is 3.38. The third-order valence-corrected chi connectivity index (χ3v) is 4.28. The van der Waals surface area contributed by atoms with Crippen LogP contribution in [-0.4, -0.2) is 36.5 Å². The Morgan fingerprint density at radius 1 is 1.27 bits per heavy atom. The molecule has 3 nitrogen and oxygen atoms in total. The summed E-state index contributed by atoms with van der Waals surface area (Å²) in [6, 6.07) is 0.376. The van der Waals surface area contributed by atoms with E-state index in [0.29, 0.717) is 11.9 Å². The van der Waals surface area contributed by atoms with Gasteiger partial charge in [0.05, 0.1) is 0 Å². The van der Waals surface area contributed by atoms with Crippen molar-refractivity contribution >= 4 is 17.7 Å². The molecule has 2 fully saturated rings. The lowest BCUT2D eigenvalue weighted by Crippen LogP contribution is -2.47. The minimum atomic E-state index is 0.285. The smallest absolute Gasteiger partial charge is 0.223 e. The van der Waals surface area contributed by atoms with E-state index in [2.05, 4.69) is 10.6 Å². The highest BCUT2D eigenvalue weighted by atomic mass is 32.2. The predicted molar refractivity (Wildman–Crippen MR) is 64.1 cm³/mol. The Morgan fingerprint density at radius 2 is 2.07 bits per heavy atom. The summed E-state index contributed by atoms with van der Waals surface area (Å²) < 4.78 is 0. The molecule has 0 aromatic rings. The lowest BCUT2D eigenvalue weighted by Gasteiger charge is -2.27. The topological polar surface area (TPSA) is 41.1 Å². The maximum Gasteiger partial charge on any atom is 0.223 e. The fourth-order valence-corrected chi connectivity index (χ4v) is 3.36. The second kappa shape index (κ2) is 5.75. The first-order valence-electron chi connectivity index (χ1n) is 5.95. The van der Waals surface area contributed by atoms with E-state index in [1.807, 2.05) is 11.8 Å². The molecule has 0 saturated carbocycles. The van der Waals surface area contributed by atoms with Gasteiger partial charge in [-0.05, 0) is 43.7 Å². The van der Waals surface area contributed by atoms with Crippen LogP contribution in [-0.2, 0) is 4.79 Å². The minimum Gasteiger partial charge on any atom is -0.352 e. The van der Waals surface area contributed by atoms with Crippen molar-refractivity contribution in [2.24, 2.45) is 5.92 Å². The zero-order valence-electron chi connectivity index (χ0n) is 9.13. The van der Waals surface area contributed by atoms with Gasteiger partial charge in [-0.1, -0.05) is 0 Å². The Morgan fingerprint density at radius 3 is 2.73 bits per heavy atom. The van der Waals surface area contributed by atoms with Crippen molar-refractivity contribution in [2.75, 3.05) is 24.6 Å². The van der Waals surface area contributed by atoms with E-state index in [-0.39, 0.29) is 5.92 Å². The van der Waals surface area contributed by atoms with Crippen molar-refractivity contribution in [3.8, 4) is 0 Å². The van der Waals surface area contributed by atoms with Crippen LogP contribution in [0.2, 0.25) is 0 Å². The molecule has 1 unspecified atom stereocenters. The van der Waals surface area contributed by atoms with Gasteiger partial charge >= 0.3 is 0 Å². The van der Waals surface area contributed by atoms with Crippen molar-refractivity contribution in [1.82, 2.24) is 10.6 Å². The maximum absolute atomic E-state index is 11.9. The zero-order valence-corrected chi connectivity index (χ0v) is 9.94. The van der Waals surface area contributed by atoms with Gasteiger partial charge < -0.3 is 10.6 Å². The summed E-state index contributed by atoms with van der Waals surface area (Å²) in [7, 11) is 0. The first-order chi connectivity index (χ1) is 7.36. The molecule has 2 heterocycles. The van der Waals surface area contributed by atoms with Gasteiger partial charge in [0.15, 0.2) is 0 Å². The largest absolute Gasteiger partial charge is 0.352 e. The normalized spacial score (nSPS) is 28.7. The van der Waals surface area contributed by atoms with Crippen LogP contribution in [0.15, 0.2) is 0 Å². The molecule has 86 valence electrons. The molecule has 0 radical (unpaired) electrons. The van der Waals surface area contributed by atoms with E-state index in [1.165, 1.54) is 6.42 Å². The van der Waals surface area contributed by atoms with E-state index < -0.39 is 0 Å². The zero-order chi connectivity index (χ0) is 10.5. The van der Waals surface area contributed by atoms with Gasteiger partial charge in [0.25, 0.3) is 0 Å². The van der Waals surface area contributed by atoms with Crippen LogP contribution in [0.1, 0.15) is 25.7 Å². The summed E-state index contributed by atoms with van der Waals surface area (Å²) in [5.41, 5.74) is 0. The fourth-order valence-electron chi connectivity index (χ4n) is 2.25. The molecular formula is C11H20N2OS. The van der Waals surface area contributed by atoms with Crippen molar-refractivity contribution in [1.29, 1.82) is 0 Å². The lowest BCUT2D eigenvalue weighted by molar-refractivity contribution is -0.126. The first kappa shape index (κ1) is 11.3. The molecule has 0 aliphatic carbocycles. The number of rotatable bonds is 2. The molecule has 2 rings (SSSR count). The molecule has 2 aliphatic heterocycles. The fraction of sp³-hybridized carbons (Fsp3) is 0.909. The molecule has 2 aliphatic rings. The highest BCUT2D eigenvalue weighted by molar-refractivity contribution is 7.99. The summed E-state index contributed by atoms with van der Waals surface area (Å²) in [6.45, 7) is 2.06. The highest BCUT2D eigenvalue weighted by Crippen LogP contribution is 2.22. The highest BCUT2D eigenvalue weighted by Gasteiger charge is 2.24. The number of amides is 1. The first-order valence-corrected chi connectivity index (χ1v) is 7.10. The molecule has 15 heavy (non-hydrogen) atoms. The van der Waals surface area contributed by atoms with E-state index in [9.17, 15) is 4.79 Å². The molecule has 2 N–H and O–H groups in total. The van der Waals surface area contributed by atoms with Gasteiger partial charge in [-0.25, -0.2) is 0 Å². The number of piperidine rings is 1. The Hall–Kier alpha value is -0.220. The van der Waals surface area contributed by atoms with Gasteiger partial charge in [-0.3, -0.25) is 4.79 Å². The van der Waals surface area contributed by atoms with Crippen LogP contribution in [0.25, 0.3) is 0 Å². The molecule has 0 bridgehead atoms. The number of hydrogen-bond acceptors (Lipinski definition) is 3. The average molecular weight is 228 g/mol. The van der Waals surface area contributed by atoms with Crippen LogP contribution < -0.4 is 10.6 Å². The number of nitrogens with one attached hydrogen (secondary N) is 2. The number of hydrogen-bond donors (Lipinski definition) is 2. The standard InChI is InChI=1S/C11H20N2OS/c14-11(9-3-6-15-7-4-9)13-10-2-1-5-12-8-10/h9-10,12H,1-8H2,(H,13,14). The van der Waals surface area contributed by atoms with Gasteiger partial charge in [0.1, 0.15) is 0 Å². The molecule has 0 spiro atoms. The summed E-state index contributed by atoms with van der Waals surface area (Å²) in [6.07, 6.45) is 4.46. The summed E-state index contributed by atoms with van der Waals surface area (Å²) in [4.78, 5) is 11.9. The molecule has 4 heteroatoms. The van der Waals surface area contributed by atoms with Crippen LogP contribution >= 0.6 is 11.8 Å². The number of carbonyl (C=O) groups is 1. The molecule has 2 saturated heterocycles. The molecule has 0 aromatic carbocycles. The summed E-state index contributed by atoms with van der Waals surface area (Å²) in [5, 5.41) is 6.50. The van der Waals surface area contributed by atoms with Crippen LogP contribution in [0, 0.1) is 5.92 Å². The van der Waals surface area contributed by atoms with Crippen molar-refractivity contribution in [3.05, 3.63) is 0 Å². The number of thioether (sulfide) groups is 1. The molecule has 0 aromatic heterocycles. The van der Waals surface area contributed by atoms with Gasteiger partial charge in [0, 0.05) is 18.5 Å². The Bertz CT molecular complexity index is 211. The van der Waals surface area contributed by atoms with Gasteiger partial charge in [0.2, 0.25) is 5.91 Å². The second-order valence-corrected chi connectivity index (χ2v) is 5.66. The third-order valence-electron chi connectivity index (χ3n) is 3.24. The lowest BCUT2D eigenvalue weighted by atomic mass is 10.0. The van der Waals surface area contributed by atoms with E-state index in [4.69, 9.17) is 0 Å². The monoisotopic (exact) mass is 228 g/mol. The Labute approximate surface area is 95.8 Å².